The molecule has 3 aromatic heterocycles. The molecule has 3 atom stereocenters. The first-order chi connectivity index (χ1) is 24.3. The number of hydrogen-bond acceptors (Lipinski definition) is 8. The van der Waals surface area contributed by atoms with Gasteiger partial charge in [0.2, 0.25) is 0 Å². The van der Waals surface area contributed by atoms with Gasteiger partial charge in [0.1, 0.15) is 19.2 Å². The predicted molar refractivity (Wildman–Crippen MR) is 215 cm³/mol. The number of halogens is 1. The molecule has 0 aliphatic heterocycles. The molecule has 51 heavy (non-hydrogen) atoms. The number of pyridine rings is 1. The van der Waals surface area contributed by atoms with E-state index in [1.807, 2.05) is 35.1 Å². The summed E-state index contributed by atoms with van der Waals surface area (Å²) in [7, 11) is -0.950. The van der Waals surface area contributed by atoms with Gasteiger partial charge in [0.15, 0.2) is 17.8 Å². The van der Waals surface area contributed by atoms with Crippen molar-refractivity contribution in [2.45, 2.75) is 89.4 Å². The smallest absolute Gasteiger partial charge is 0.165 e. The Balaban J connectivity index is 1.39. The molecule has 2 aliphatic carbocycles. The summed E-state index contributed by atoms with van der Waals surface area (Å²) >= 11 is 4.09. The van der Waals surface area contributed by atoms with E-state index < -0.39 is 16.1 Å². The van der Waals surface area contributed by atoms with Gasteiger partial charge in [-0.05, 0) is 83.4 Å². The van der Waals surface area contributed by atoms with Crippen LogP contribution in [0, 0.1) is 11.8 Å². The van der Waals surface area contributed by atoms with E-state index in [0.29, 0.717) is 30.7 Å². The molecule has 2 fully saturated rings. The lowest BCUT2D eigenvalue weighted by Gasteiger charge is -2.31. The van der Waals surface area contributed by atoms with Crippen LogP contribution in [0.15, 0.2) is 47.2 Å². The summed E-state index contributed by atoms with van der Waals surface area (Å²) in [5, 5.41) is 4.97. The Morgan fingerprint density at radius 3 is 2.12 bits per heavy atom. The molecule has 274 valence electrons. The van der Waals surface area contributed by atoms with Crippen molar-refractivity contribution in [1.29, 1.82) is 0 Å². The topological polar surface area (TPSA) is 91.1 Å². The van der Waals surface area contributed by atoms with Gasteiger partial charge in [-0.25, -0.2) is 4.98 Å². The summed E-state index contributed by atoms with van der Waals surface area (Å²) in [6.45, 7) is 16.5. The third kappa shape index (κ3) is 9.19. The second-order valence-corrected chi connectivity index (χ2v) is 28.9. The predicted octanol–water partition coefficient (Wildman–Crippen LogP) is 9.77. The van der Waals surface area contributed by atoms with Crippen LogP contribution >= 0.6 is 15.9 Å². The zero-order valence-electron chi connectivity index (χ0n) is 31.4. The minimum Gasteiger partial charge on any atom is -0.496 e. The van der Waals surface area contributed by atoms with Crippen molar-refractivity contribution in [3.05, 3.63) is 58.5 Å². The average Bonchev–Trinajstić information content (AvgIpc) is 3.67. The highest BCUT2D eigenvalue weighted by molar-refractivity contribution is 9.10. The third-order valence-corrected chi connectivity index (χ3v) is 14.5. The third-order valence-electron chi connectivity index (χ3n) is 10.4. The van der Waals surface area contributed by atoms with E-state index in [2.05, 4.69) is 66.2 Å². The zero-order chi connectivity index (χ0) is 36.3. The number of ether oxygens (including phenoxy) is 3. The van der Waals surface area contributed by atoms with Gasteiger partial charge in [-0.15, -0.1) is 0 Å². The molecular weight excluding hydrogens is 739 g/mol. The van der Waals surface area contributed by atoms with Crippen molar-refractivity contribution in [2.24, 2.45) is 11.8 Å². The molecule has 0 radical (unpaired) electrons. The molecule has 3 heterocycles. The molecule has 2 bridgehead atoms. The molecule has 9 nitrogen and oxygen atoms in total. The molecular formula is C39H54BrN5O4Si2. The van der Waals surface area contributed by atoms with Crippen LogP contribution in [-0.4, -0.2) is 75.8 Å². The summed E-state index contributed by atoms with van der Waals surface area (Å²) in [5.41, 5.74) is 5.87. The number of rotatable bonds is 16. The van der Waals surface area contributed by atoms with Gasteiger partial charge >= 0.3 is 0 Å². The zero-order valence-corrected chi connectivity index (χ0v) is 35.0. The molecule has 0 unspecified atom stereocenters. The highest BCUT2D eigenvalue weighted by Crippen LogP contribution is 2.50. The number of fused-ring (bicyclic) bond motifs is 3. The van der Waals surface area contributed by atoms with Crippen molar-refractivity contribution < 1.29 is 19.0 Å². The fourth-order valence-electron chi connectivity index (χ4n) is 7.43. The fraction of sp³-hybridized carbons (Fsp3) is 0.538. The summed E-state index contributed by atoms with van der Waals surface area (Å²) in [5.74, 6) is 3.38. The minimum atomic E-state index is -1.26. The second kappa shape index (κ2) is 16.0. The van der Waals surface area contributed by atoms with Crippen LogP contribution in [0.3, 0.4) is 0 Å². The first-order valence-electron chi connectivity index (χ1n) is 18.4. The van der Waals surface area contributed by atoms with E-state index >= 15 is 0 Å². The number of aromatic nitrogens is 4. The number of carbonyl (C=O) groups is 1. The number of benzene rings is 1. The fourth-order valence-corrected chi connectivity index (χ4v) is 9.77. The van der Waals surface area contributed by atoms with Crippen LogP contribution in [-0.2, 0) is 9.47 Å². The van der Waals surface area contributed by atoms with Crippen LogP contribution in [0.1, 0.15) is 54.1 Å². The lowest BCUT2D eigenvalue weighted by molar-refractivity contribution is 0.0941. The monoisotopic (exact) mass is 791 g/mol. The van der Waals surface area contributed by atoms with Crippen molar-refractivity contribution >= 4 is 49.8 Å². The summed E-state index contributed by atoms with van der Waals surface area (Å²) in [6, 6.07) is 11.8. The molecule has 1 aromatic carbocycles. The molecule has 0 saturated heterocycles. The summed E-state index contributed by atoms with van der Waals surface area (Å²) in [6.07, 6.45) is 10.9. The Morgan fingerprint density at radius 2 is 1.55 bits per heavy atom. The maximum Gasteiger partial charge on any atom is 0.165 e. The van der Waals surface area contributed by atoms with E-state index in [1.165, 1.54) is 32.1 Å². The highest BCUT2D eigenvalue weighted by Gasteiger charge is 2.37. The van der Waals surface area contributed by atoms with Crippen molar-refractivity contribution in [1.82, 2.24) is 19.6 Å². The number of carbonyl (C=O) groups excluding carboxylic acids is 1. The molecule has 12 heteroatoms. The van der Waals surface area contributed by atoms with Crippen molar-refractivity contribution in [2.75, 3.05) is 38.7 Å². The minimum absolute atomic E-state index is 0.377. The molecule has 6 rings (SSSR count). The average molecular weight is 793 g/mol. The van der Waals surface area contributed by atoms with E-state index in [0.717, 1.165) is 87.4 Å². The lowest BCUT2D eigenvalue weighted by atomic mass is 9.79. The quantitative estimate of drug-likeness (QED) is 0.0480. The van der Waals surface area contributed by atoms with Gasteiger partial charge in [-0.1, -0.05) is 58.2 Å². The van der Waals surface area contributed by atoms with Gasteiger partial charge < -0.3 is 19.1 Å². The first kappa shape index (κ1) is 37.8. The van der Waals surface area contributed by atoms with Gasteiger partial charge in [-0.3, -0.25) is 9.78 Å². The highest BCUT2D eigenvalue weighted by atomic mass is 79.9. The summed E-state index contributed by atoms with van der Waals surface area (Å²) < 4.78 is 21.1. The number of nitrogens with zero attached hydrogens (tertiary/aromatic N) is 5. The molecule has 2 aliphatic rings. The lowest BCUT2D eigenvalue weighted by Crippen LogP contribution is -2.34. The maximum atomic E-state index is 11.7. The Hall–Kier alpha value is -2.91. The van der Waals surface area contributed by atoms with Gasteiger partial charge in [0, 0.05) is 58.2 Å². The number of aldehydes is 1. The standard InChI is InChI=1S/C39H54BrN5O4Si2/c1-47-35-13-11-29(21-32(35)24-46)34-12-10-30(22-41-34)33-23-42-45-38(33)43-37(31-19-27-8-9-28(18-27)20-31)36(40)39(45)44(25-48-14-16-50(2,3)4)26-49-15-17-51(5,6)7/h10-13,21-24,27-28,31H,8-9,14-20,25-26H2,1-7H3/t27-,28+,31+. The van der Waals surface area contributed by atoms with Crippen LogP contribution in [0.5, 0.6) is 5.75 Å². The van der Waals surface area contributed by atoms with E-state index in [-0.39, 0.29) is 0 Å². The van der Waals surface area contributed by atoms with Crippen LogP contribution in [0.2, 0.25) is 51.4 Å². The van der Waals surface area contributed by atoms with Crippen molar-refractivity contribution in [3.63, 3.8) is 0 Å². The molecule has 0 N–H and O–H groups in total. The number of anilines is 1. The SMILES string of the molecule is COc1ccc(-c2ccc(-c3cnn4c(N(COCC[Si](C)(C)C)COCC[Si](C)(C)C)c(Br)c([C@H]5C[C@@H]6CC[C@@H](C6)C5)nc34)cn2)cc1C=O. The van der Waals surface area contributed by atoms with E-state index in [9.17, 15) is 4.79 Å². The van der Waals surface area contributed by atoms with Crippen LogP contribution in [0.4, 0.5) is 5.82 Å². The van der Waals surface area contributed by atoms with E-state index in [1.54, 1.807) is 13.2 Å². The maximum absolute atomic E-state index is 11.7. The van der Waals surface area contributed by atoms with Crippen LogP contribution < -0.4 is 9.64 Å². The Bertz CT molecular complexity index is 1790. The van der Waals surface area contributed by atoms with Crippen LogP contribution in [0.25, 0.3) is 28.0 Å². The second-order valence-electron chi connectivity index (χ2n) is 16.9. The van der Waals surface area contributed by atoms with Gasteiger partial charge in [-0.2, -0.15) is 9.61 Å². The molecule has 0 spiro atoms. The summed E-state index contributed by atoms with van der Waals surface area (Å²) in [4.78, 5) is 24.1. The largest absolute Gasteiger partial charge is 0.496 e. The van der Waals surface area contributed by atoms with Crippen molar-refractivity contribution in [3.8, 4) is 28.1 Å². The molecule has 2 saturated carbocycles. The van der Waals surface area contributed by atoms with Gasteiger partial charge in [0.05, 0.1) is 34.7 Å². The molecule has 4 aromatic rings. The Morgan fingerprint density at radius 1 is 0.902 bits per heavy atom. The normalized spacial score (nSPS) is 19.1. The number of methoxy groups -OCH3 is 1. The molecule has 0 amide bonds. The number of hydrogen-bond donors (Lipinski definition) is 0. The Kier molecular flexibility index (Phi) is 11.9. The Labute approximate surface area is 313 Å². The first-order valence-corrected chi connectivity index (χ1v) is 26.6. The van der Waals surface area contributed by atoms with E-state index in [4.69, 9.17) is 29.3 Å². The van der Waals surface area contributed by atoms with Gasteiger partial charge in [0.25, 0.3) is 0 Å².